The number of methoxy groups -OCH3 is 1. The Morgan fingerprint density at radius 3 is 2.39 bits per heavy atom. The van der Waals surface area contributed by atoms with E-state index in [-0.39, 0.29) is 18.5 Å². The van der Waals surface area contributed by atoms with Crippen LogP contribution in [-0.2, 0) is 11.3 Å². The fourth-order valence-electron chi connectivity index (χ4n) is 3.20. The summed E-state index contributed by atoms with van der Waals surface area (Å²) in [7, 11) is 1.62. The first kappa shape index (κ1) is 20.6. The maximum Gasteiger partial charge on any atom is 0.244 e. The van der Waals surface area contributed by atoms with Crippen LogP contribution < -0.4 is 10.1 Å². The van der Waals surface area contributed by atoms with E-state index in [0.29, 0.717) is 16.4 Å². The van der Waals surface area contributed by atoms with E-state index >= 15 is 0 Å². The summed E-state index contributed by atoms with van der Waals surface area (Å²) in [6, 6.07) is 24.2. The van der Waals surface area contributed by atoms with Crippen molar-refractivity contribution in [2.24, 2.45) is 0 Å². The predicted molar refractivity (Wildman–Crippen MR) is 118 cm³/mol. The molecule has 0 radical (unpaired) electrons. The molecule has 3 aromatic carbocycles. The van der Waals surface area contributed by atoms with Crippen LogP contribution in [0.5, 0.6) is 5.75 Å². The molecule has 1 heterocycles. The van der Waals surface area contributed by atoms with E-state index in [1.54, 1.807) is 19.2 Å². The molecule has 4 aromatic rings. The molecule has 0 spiro atoms. The van der Waals surface area contributed by atoms with Crippen molar-refractivity contribution in [3.8, 4) is 17.1 Å². The minimum Gasteiger partial charge on any atom is -0.497 e. The number of benzene rings is 3. The number of ether oxygens (including phenoxy) is 1. The van der Waals surface area contributed by atoms with E-state index in [1.807, 2.05) is 66.7 Å². The highest BCUT2D eigenvalue weighted by Gasteiger charge is 2.18. The molecular weight excluding hydrogens is 414 g/mol. The van der Waals surface area contributed by atoms with E-state index in [9.17, 15) is 4.79 Å². The lowest BCUT2D eigenvalue weighted by Crippen LogP contribution is -2.32. The van der Waals surface area contributed by atoms with Gasteiger partial charge in [-0.3, -0.25) is 4.79 Å². The number of hydrogen-bond acceptors (Lipinski definition) is 5. The lowest BCUT2D eigenvalue weighted by Gasteiger charge is -2.20. The van der Waals surface area contributed by atoms with Gasteiger partial charge < -0.3 is 10.1 Å². The van der Waals surface area contributed by atoms with Gasteiger partial charge in [0.05, 0.1) is 18.2 Å². The van der Waals surface area contributed by atoms with Crippen molar-refractivity contribution >= 4 is 17.5 Å². The van der Waals surface area contributed by atoms with Gasteiger partial charge in [-0.2, -0.15) is 4.80 Å². The number of hydrogen-bond donors (Lipinski definition) is 1. The molecule has 1 N–H and O–H groups in total. The van der Waals surface area contributed by atoms with Gasteiger partial charge in [-0.1, -0.05) is 66.2 Å². The fourth-order valence-corrected chi connectivity index (χ4v) is 3.42. The Hall–Kier alpha value is -3.71. The number of rotatable bonds is 7. The molecule has 0 saturated heterocycles. The Kier molecular flexibility index (Phi) is 6.24. The van der Waals surface area contributed by atoms with E-state index in [0.717, 1.165) is 16.9 Å². The third-order valence-electron chi connectivity index (χ3n) is 4.74. The summed E-state index contributed by atoms with van der Waals surface area (Å²) >= 11 is 6.19. The third-order valence-corrected chi connectivity index (χ3v) is 5.07. The summed E-state index contributed by atoms with van der Waals surface area (Å²) in [4.78, 5) is 14.1. The number of amides is 1. The van der Waals surface area contributed by atoms with Crippen LogP contribution in [0.2, 0.25) is 5.02 Å². The second-order valence-corrected chi connectivity index (χ2v) is 7.21. The molecule has 1 aromatic heterocycles. The van der Waals surface area contributed by atoms with Gasteiger partial charge in [0.25, 0.3) is 0 Å². The average Bonchev–Trinajstić information content (AvgIpc) is 3.26. The van der Waals surface area contributed by atoms with E-state index in [2.05, 4.69) is 20.7 Å². The van der Waals surface area contributed by atoms with Gasteiger partial charge in [0, 0.05) is 5.56 Å². The molecule has 1 atom stereocenters. The summed E-state index contributed by atoms with van der Waals surface area (Å²) in [6.45, 7) is -0.0725. The number of carbonyl (C=O) groups excluding carboxylic acids is 1. The quantitative estimate of drug-likeness (QED) is 0.478. The van der Waals surface area contributed by atoms with Crippen molar-refractivity contribution in [1.29, 1.82) is 0 Å². The van der Waals surface area contributed by atoms with Crippen molar-refractivity contribution in [2.75, 3.05) is 7.11 Å². The maximum absolute atomic E-state index is 12.8. The first-order valence-corrected chi connectivity index (χ1v) is 10.0. The number of nitrogens with one attached hydrogen (secondary N) is 1. The van der Waals surface area contributed by atoms with Gasteiger partial charge in [0.15, 0.2) is 0 Å². The largest absolute Gasteiger partial charge is 0.497 e. The second kappa shape index (κ2) is 9.40. The molecule has 0 fully saturated rings. The van der Waals surface area contributed by atoms with E-state index in [1.165, 1.54) is 4.80 Å². The van der Waals surface area contributed by atoms with Gasteiger partial charge in [0.1, 0.15) is 12.3 Å². The normalized spacial score (nSPS) is 11.7. The van der Waals surface area contributed by atoms with Crippen LogP contribution in [0.4, 0.5) is 0 Å². The number of aromatic nitrogens is 4. The van der Waals surface area contributed by atoms with E-state index < -0.39 is 0 Å². The van der Waals surface area contributed by atoms with Crippen molar-refractivity contribution in [3.63, 3.8) is 0 Å². The van der Waals surface area contributed by atoms with Crippen LogP contribution in [0, 0.1) is 0 Å². The second-order valence-electron chi connectivity index (χ2n) is 6.81. The zero-order valence-electron chi connectivity index (χ0n) is 16.8. The van der Waals surface area contributed by atoms with Crippen LogP contribution in [0.15, 0.2) is 78.9 Å². The van der Waals surface area contributed by atoms with Crippen molar-refractivity contribution in [2.45, 2.75) is 12.6 Å². The minimum atomic E-state index is -0.328. The number of tetrazole rings is 1. The van der Waals surface area contributed by atoms with Gasteiger partial charge in [-0.15, -0.1) is 10.2 Å². The van der Waals surface area contributed by atoms with Gasteiger partial charge >= 0.3 is 0 Å². The van der Waals surface area contributed by atoms with Crippen LogP contribution in [0.25, 0.3) is 11.4 Å². The first-order chi connectivity index (χ1) is 15.1. The van der Waals surface area contributed by atoms with Crippen LogP contribution in [0.3, 0.4) is 0 Å². The smallest absolute Gasteiger partial charge is 0.244 e. The Bertz CT molecular complexity index is 1160. The van der Waals surface area contributed by atoms with Crippen LogP contribution in [0.1, 0.15) is 17.2 Å². The Morgan fingerprint density at radius 1 is 1.00 bits per heavy atom. The van der Waals surface area contributed by atoms with Gasteiger partial charge in [-0.25, -0.2) is 0 Å². The molecule has 0 unspecified atom stereocenters. The highest BCUT2D eigenvalue weighted by Crippen LogP contribution is 2.25. The topological polar surface area (TPSA) is 81.9 Å². The van der Waals surface area contributed by atoms with Gasteiger partial charge in [-0.05, 0) is 40.6 Å². The zero-order valence-corrected chi connectivity index (χ0v) is 17.5. The van der Waals surface area contributed by atoms with Gasteiger partial charge in [0.2, 0.25) is 11.7 Å². The summed E-state index contributed by atoms with van der Waals surface area (Å²) in [6.07, 6.45) is 0. The minimum absolute atomic E-state index is 0.0725. The Balaban J connectivity index is 1.52. The molecule has 0 aliphatic heterocycles. The van der Waals surface area contributed by atoms with Crippen LogP contribution in [-0.4, -0.2) is 33.2 Å². The van der Waals surface area contributed by atoms with Crippen LogP contribution >= 0.6 is 11.6 Å². The van der Waals surface area contributed by atoms with Crippen molar-refractivity contribution in [3.05, 3.63) is 95.0 Å². The molecular formula is C23H20ClN5O2. The molecule has 0 aliphatic rings. The summed E-state index contributed by atoms with van der Waals surface area (Å²) in [5.74, 6) is 0.877. The molecule has 1 amide bonds. The number of halogens is 1. The zero-order chi connectivity index (χ0) is 21.6. The molecule has 0 aliphatic carbocycles. The summed E-state index contributed by atoms with van der Waals surface area (Å²) in [5, 5.41) is 15.9. The fraction of sp³-hybridized carbons (Fsp3) is 0.130. The monoisotopic (exact) mass is 433 g/mol. The predicted octanol–water partition coefficient (Wildman–Crippen LogP) is 3.91. The highest BCUT2D eigenvalue weighted by molar-refractivity contribution is 6.33. The summed E-state index contributed by atoms with van der Waals surface area (Å²) in [5.41, 5.74) is 2.56. The third kappa shape index (κ3) is 4.90. The maximum atomic E-state index is 12.8. The summed E-state index contributed by atoms with van der Waals surface area (Å²) < 4.78 is 5.24. The lowest BCUT2D eigenvalue weighted by atomic mass is 9.98. The number of carbonyl (C=O) groups is 1. The SMILES string of the molecule is COc1ccc([C@@H](NC(=O)Cn2nnc(-c3ccccc3Cl)n2)c2ccccc2)cc1. The molecule has 156 valence electrons. The number of nitrogens with zero attached hydrogens (tertiary/aromatic N) is 4. The highest BCUT2D eigenvalue weighted by atomic mass is 35.5. The Morgan fingerprint density at radius 2 is 1.68 bits per heavy atom. The average molecular weight is 434 g/mol. The Labute approximate surface area is 184 Å². The molecule has 31 heavy (non-hydrogen) atoms. The van der Waals surface area contributed by atoms with E-state index in [4.69, 9.17) is 16.3 Å². The standard InChI is InChI=1S/C23H20ClN5O2/c1-31-18-13-11-17(12-14-18)22(16-7-3-2-4-8-16)25-21(30)15-29-27-23(26-28-29)19-9-5-6-10-20(19)24/h2-14,22H,15H2,1H3,(H,25,30)/t22-/m0/s1. The van der Waals surface area contributed by atoms with Crippen molar-refractivity contribution < 1.29 is 9.53 Å². The molecule has 7 nitrogen and oxygen atoms in total. The molecule has 4 rings (SSSR count). The molecule has 0 saturated carbocycles. The van der Waals surface area contributed by atoms with Crippen molar-refractivity contribution in [1.82, 2.24) is 25.5 Å². The molecule has 8 heteroatoms. The molecule has 0 bridgehead atoms. The first-order valence-electron chi connectivity index (χ1n) is 9.65. The lowest BCUT2D eigenvalue weighted by molar-refractivity contribution is -0.122.